The lowest BCUT2D eigenvalue weighted by atomic mass is 10.0. The zero-order chi connectivity index (χ0) is 23.3. The lowest BCUT2D eigenvalue weighted by molar-refractivity contribution is -0.186. The molecule has 0 radical (unpaired) electrons. The summed E-state index contributed by atoms with van der Waals surface area (Å²) in [5.41, 5.74) is 1.64. The molecule has 0 aliphatic carbocycles. The maximum absolute atomic E-state index is 13.4. The summed E-state index contributed by atoms with van der Waals surface area (Å²) in [5.74, 6) is -4.69. The maximum Gasteiger partial charge on any atom is 0.471 e. The van der Waals surface area contributed by atoms with Gasteiger partial charge in [0.1, 0.15) is 0 Å². The quantitative estimate of drug-likeness (QED) is 0.623. The van der Waals surface area contributed by atoms with Gasteiger partial charge < -0.3 is 9.80 Å². The van der Waals surface area contributed by atoms with E-state index in [1.807, 2.05) is 4.90 Å². The van der Waals surface area contributed by atoms with E-state index in [0.717, 1.165) is 14.8 Å². The van der Waals surface area contributed by atoms with Crippen LogP contribution in [0.15, 0.2) is 23.1 Å². The molecule has 3 aliphatic rings. The molecular weight excluding hydrogens is 457 g/mol. The number of hydrogen-bond donors (Lipinski definition) is 0. The number of alkyl halides is 5. The van der Waals surface area contributed by atoms with E-state index in [9.17, 15) is 35.2 Å². The standard InChI is InChI=1S/C20H24F5N3O3S/c21-19(22)6-11-27(12-7-19)32(30,31)16-2-1-14-3-10-28(17(14)13-16)15-4-8-26(9-5-15)18(29)20(23,24)25/h1-2,13,15H,3-12H2. The van der Waals surface area contributed by atoms with E-state index >= 15 is 0 Å². The van der Waals surface area contributed by atoms with Crippen LogP contribution in [-0.2, 0) is 21.2 Å². The Kier molecular flexibility index (Phi) is 5.89. The number of nitrogens with zero attached hydrogens (tertiary/aromatic N) is 3. The average Bonchev–Trinajstić information content (AvgIpc) is 3.15. The normalized spacial score (nSPS) is 22.8. The lowest BCUT2D eigenvalue weighted by Gasteiger charge is -2.38. The lowest BCUT2D eigenvalue weighted by Crippen LogP contribution is -2.50. The summed E-state index contributed by atoms with van der Waals surface area (Å²) in [6.45, 7) is 0.0694. The van der Waals surface area contributed by atoms with Gasteiger partial charge in [-0.3, -0.25) is 4.79 Å². The van der Waals surface area contributed by atoms with Crippen molar-refractivity contribution >= 4 is 21.6 Å². The van der Waals surface area contributed by atoms with Gasteiger partial charge in [0.05, 0.1) is 4.90 Å². The van der Waals surface area contributed by atoms with E-state index < -0.39 is 40.9 Å². The van der Waals surface area contributed by atoms with Gasteiger partial charge in [-0.05, 0) is 37.0 Å². The number of amides is 1. The first kappa shape index (κ1) is 23.2. The number of hydrogen-bond acceptors (Lipinski definition) is 4. The third kappa shape index (κ3) is 4.43. The number of carbonyl (C=O) groups is 1. The van der Waals surface area contributed by atoms with Crippen LogP contribution in [0.25, 0.3) is 0 Å². The van der Waals surface area contributed by atoms with Crippen LogP contribution in [0, 0.1) is 0 Å². The second-order valence-electron chi connectivity index (χ2n) is 8.52. The second-order valence-corrected chi connectivity index (χ2v) is 10.5. The number of sulfonamides is 1. The molecule has 12 heteroatoms. The highest BCUT2D eigenvalue weighted by Crippen LogP contribution is 2.37. The summed E-state index contributed by atoms with van der Waals surface area (Å²) < 4.78 is 92.0. The molecule has 178 valence electrons. The SMILES string of the molecule is O=C(N1CCC(N2CCc3ccc(S(=O)(=O)N4CCC(F)(F)CC4)cc32)CC1)C(F)(F)F. The van der Waals surface area contributed by atoms with Crippen LogP contribution in [0.3, 0.4) is 0 Å². The summed E-state index contributed by atoms with van der Waals surface area (Å²) in [7, 11) is -3.93. The van der Waals surface area contributed by atoms with Crippen molar-refractivity contribution in [3.63, 3.8) is 0 Å². The van der Waals surface area contributed by atoms with E-state index in [-0.39, 0.29) is 37.1 Å². The van der Waals surface area contributed by atoms with Crippen LogP contribution in [-0.4, -0.2) is 74.4 Å². The predicted molar refractivity (Wildman–Crippen MR) is 106 cm³/mol. The Morgan fingerprint density at radius 3 is 2.22 bits per heavy atom. The molecule has 3 heterocycles. The van der Waals surface area contributed by atoms with E-state index in [1.165, 1.54) is 12.1 Å². The van der Waals surface area contributed by atoms with Crippen molar-refractivity contribution in [1.82, 2.24) is 9.21 Å². The highest BCUT2D eigenvalue weighted by Gasteiger charge is 2.44. The summed E-state index contributed by atoms with van der Waals surface area (Å²) in [5, 5.41) is 0. The molecule has 0 saturated carbocycles. The third-order valence-corrected chi connectivity index (χ3v) is 8.41. The Morgan fingerprint density at radius 2 is 1.62 bits per heavy atom. The third-order valence-electron chi connectivity index (χ3n) is 6.51. The van der Waals surface area contributed by atoms with Gasteiger partial charge in [-0.1, -0.05) is 6.07 Å². The monoisotopic (exact) mass is 481 g/mol. The van der Waals surface area contributed by atoms with Gasteiger partial charge in [-0.25, -0.2) is 17.2 Å². The van der Waals surface area contributed by atoms with E-state index in [2.05, 4.69) is 0 Å². The average molecular weight is 481 g/mol. The van der Waals surface area contributed by atoms with Gasteiger partial charge in [-0.2, -0.15) is 17.5 Å². The zero-order valence-corrected chi connectivity index (χ0v) is 18.1. The van der Waals surface area contributed by atoms with Crippen LogP contribution in [0.1, 0.15) is 31.2 Å². The largest absolute Gasteiger partial charge is 0.471 e. The molecule has 0 spiro atoms. The number of anilines is 1. The molecule has 1 aromatic rings. The number of rotatable bonds is 3. The minimum atomic E-state index is -4.89. The number of halogens is 5. The molecule has 1 aromatic carbocycles. The predicted octanol–water partition coefficient (Wildman–Crippen LogP) is 3.02. The molecule has 2 fully saturated rings. The Bertz CT molecular complexity index is 981. The molecule has 2 saturated heterocycles. The Balaban J connectivity index is 1.48. The minimum Gasteiger partial charge on any atom is -0.368 e. The topological polar surface area (TPSA) is 60.9 Å². The molecule has 3 aliphatic heterocycles. The van der Waals surface area contributed by atoms with Crippen molar-refractivity contribution < 1.29 is 35.2 Å². The van der Waals surface area contributed by atoms with Gasteiger partial charge in [-0.15, -0.1) is 0 Å². The first-order valence-electron chi connectivity index (χ1n) is 10.5. The van der Waals surface area contributed by atoms with Crippen molar-refractivity contribution in [2.75, 3.05) is 37.6 Å². The molecule has 1 amide bonds. The zero-order valence-electron chi connectivity index (χ0n) is 17.2. The second kappa shape index (κ2) is 8.12. The smallest absolute Gasteiger partial charge is 0.368 e. The maximum atomic E-state index is 13.4. The minimum absolute atomic E-state index is 0.0190. The first-order chi connectivity index (χ1) is 14.9. The van der Waals surface area contributed by atoms with Crippen LogP contribution in [0.4, 0.5) is 27.6 Å². The highest BCUT2D eigenvalue weighted by atomic mass is 32.2. The Labute approximate surface area is 183 Å². The van der Waals surface area contributed by atoms with Crippen molar-refractivity contribution in [2.45, 2.75) is 55.1 Å². The molecule has 0 N–H and O–H groups in total. The van der Waals surface area contributed by atoms with Gasteiger partial charge in [0, 0.05) is 57.3 Å². The van der Waals surface area contributed by atoms with E-state index in [1.54, 1.807) is 6.07 Å². The van der Waals surface area contributed by atoms with Gasteiger partial charge in [0.25, 0.3) is 5.92 Å². The fraction of sp³-hybridized carbons (Fsp3) is 0.650. The van der Waals surface area contributed by atoms with Crippen LogP contribution >= 0.6 is 0 Å². The Morgan fingerprint density at radius 1 is 1.00 bits per heavy atom. The molecule has 0 unspecified atom stereocenters. The number of carbonyl (C=O) groups excluding carboxylic acids is 1. The van der Waals surface area contributed by atoms with Crippen LogP contribution in [0.5, 0.6) is 0 Å². The van der Waals surface area contributed by atoms with E-state index in [4.69, 9.17) is 0 Å². The fourth-order valence-corrected chi connectivity index (χ4v) is 6.15. The Hall–Kier alpha value is -1.95. The fourth-order valence-electron chi connectivity index (χ4n) is 4.69. The van der Waals surface area contributed by atoms with Crippen molar-refractivity contribution in [3.8, 4) is 0 Å². The van der Waals surface area contributed by atoms with Crippen molar-refractivity contribution in [3.05, 3.63) is 23.8 Å². The molecule has 0 aromatic heterocycles. The van der Waals surface area contributed by atoms with Gasteiger partial charge in [0.15, 0.2) is 0 Å². The summed E-state index contributed by atoms with van der Waals surface area (Å²) in [4.78, 5) is 14.3. The van der Waals surface area contributed by atoms with Gasteiger partial charge >= 0.3 is 12.1 Å². The molecule has 0 bridgehead atoms. The number of likely N-dealkylation sites (tertiary alicyclic amines) is 1. The van der Waals surface area contributed by atoms with Crippen LogP contribution in [0.2, 0.25) is 0 Å². The number of benzene rings is 1. The van der Waals surface area contributed by atoms with Gasteiger partial charge in [0.2, 0.25) is 10.0 Å². The van der Waals surface area contributed by atoms with Crippen molar-refractivity contribution in [1.29, 1.82) is 0 Å². The number of piperidine rings is 2. The first-order valence-corrected chi connectivity index (χ1v) is 12.0. The molecule has 0 atom stereocenters. The van der Waals surface area contributed by atoms with E-state index in [0.29, 0.717) is 31.5 Å². The van der Waals surface area contributed by atoms with Crippen molar-refractivity contribution in [2.24, 2.45) is 0 Å². The summed E-state index contributed by atoms with van der Waals surface area (Å²) >= 11 is 0. The summed E-state index contributed by atoms with van der Waals surface area (Å²) in [6, 6.07) is 4.62. The molecule has 4 rings (SSSR count). The molecule has 32 heavy (non-hydrogen) atoms. The number of fused-ring (bicyclic) bond motifs is 1. The highest BCUT2D eigenvalue weighted by molar-refractivity contribution is 7.89. The van der Waals surface area contributed by atoms with Crippen LogP contribution < -0.4 is 4.90 Å². The molecule has 6 nitrogen and oxygen atoms in total. The molecular formula is C20H24F5N3O3S. The summed E-state index contributed by atoms with van der Waals surface area (Å²) in [6.07, 6.45) is -4.56.